The third-order valence-corrected chi connectivity index (χ3v) is 3.25. The summed E-state index contributed by atoms with van der Waals surface area (Å²) in [5.41, 5.74) is 0. The summed E-state index contributed by atoms with van der Waals surface area (Å²) in [6, 6.07) is 0. The van der Waals surface area contributed by atoms with E-state index >= 15 is 0 Å². The first-order valence-electron chi connectivity index (χ1n) is 6.08. The second-order valence-corrected chi connectivity index (χ2v) is 4.43. The monoisotopic (exact) mass is 215 g/mol. The molecule has 0 amide bonds. The molecule has 90 valence electrons. The molecule has 3 nitrogen and oxygen atoms in total. The summed E-state index contributed by atoms with van der Waals surface area (Å²) in [7, 11) is 3.43. The quantitative estimate of drug-likeness (QED) is 0.607. The second-order valence-electron chi connectivity index (χ2n) is 4.43. The highest BCUT2D eigenvalue weighted by Crippen LogP contribution is 2.22. The number of rotatable bonds is 7. The summed E-state index contributed by atoms with van der Waals surface area (Å²) in [5, 5.41) is 0. The molecule has 0 aliphatic carbocycles. The van der Waals surface area contributed by atoms with Crippen LogP contribution in [0.3, 0.4) is 0 Å². The van der Waals surface area contributed by atoms with E-state index < -0.39 is 0 Å². The van der Waals surface area contributed by atoms with E-state index in [2.05, 4.69) is 11.8 Å². The molecule has 0 bridgehead atoms. The summed E-state index contributed by atoms with van der Waals surface area (Å²) in [4.78, 5) is 2.57. The maximum absolute atomic E-state index is 5.20. The molecular formula is C12H25NO2. The van der Waals surface area contributed by atoms with Crippen molar-refractivity contribution in [2.24, 2.45) is 5.92 Å². The fraction of sp³-hybridized carbons (Fsp3) is 1.00. The van der Waals surface area contributed by atoms with Crippen molar-refractivity contribution in [3.8, 4) is 0 Å². The second kappa shape index (κ2) is 7.20. The molecule has 1 atom stereocenters. The minimum Gasteiger partial charge on any atom is -0.356 e. The molecule has 1 aliphatic heterocycles. The number of ether oxygens (including phenoxy) is 2. The molecule has 3 heteroatoms. The Labute approximate surface area is 93.7 Å². The van der Waals surface area contributed by atoms with E-state index in [1.807, 2.05) is 0 Å². The Morgan fingerprint density at radius 1 is 1.33 bits per heavy atom. The Bertz CT molecular complexity index is 160. The van der Waals surface area contributed by atoms with Crippen molar-refractivity contribution in [2.75, 3.05) is 33.9 Å². The standard InChI is InChI=1S/C12H25NO2/c1-4-8-13-9-7-11(10-13)5-6-12(14-2)15-3/h11-12H,4-10H2,1-3H3. The number of hydrogen-bond donors (Lipinski definition) is 0. The fourth-order valence-corrected chi connectivity index (χ4v) is 2.37. The van der Waals surface area contributed by atoms with Gasteiger partial charge in [-0.05, 0) is 44.7 Å². The van der Waals surface area contributed by atoms with Crippen molar-refractivity contribution in [1.29, 1.82) is 0 Å². The van der Waals surface area contributed by atoms with Crippen LogP contribution in [-0.2, 0) is 9.47 Å². The maximum atomic E-state index is 5.20. The molecule has 1 aliphatic rings. The smallest absolute Gasteiger partial charge is 0.156 e. The minimum absolute atomic E-state index is 0.00905. The van der Waals surface area contributed by atoms with Gasteiger partial charge in [0.25, 0.3) is 0 Å². The minimum atomic E-state index is -0.00905. The molecule has 1 heterocycles. The zero-order valence-electron chi connectivity index (χ0n) is 10.4. The topological polar surface area (TPSA) is 21.7 Å². The highest BCUT2D eigenvalue weighted by atomic mass is 16.7. The highest BCUT2D eigenvalue weighted by molar-refractivity contribution is 4.75. The van der Waals surface area contributed by atoms with Crippen LogP contribution in [0.15, 0.2) is 0 Å². The van der Waals surface area contributed by atoms with Crippen LogP contribution in [0.25, 0.3) is 0 Å². The van der Waals surface area contributed by atoms with Crippen LogP contribution >= 0.6 is 0 Å². The molecule has 1 unspecified atom stereocenters. The zero-order chi connectivity index (χ0) is 11.1. The Morgan fingerprint density at radius 3 is 2.67 bits per heavy atom. The van der Waals surface area contributed by atoms with Gasteiger partial charge in [0.15, 0.2) is 6.29 Å². The average molecular weight is 215 g/mol. The fourth-order valence-electron chi connectivity index (χ4n) is 2.37. The average Bonchev–Trinajstić information content (AvgIpc) is 2.68. The largest absolute Gasteiger partial charge is 0.356 e. The van der Waals surface area contributed by atoms with E-state index in [-0.39, 0.29) is 6.29 Å². The van der Waals surface area contributed by atoms with E-state index in [4.69, 9.17) is 9.47 Å². The van der Waals surface area contributed by atoms with E-state index in [9.17, 15) is 0 Å². The van der Waals surface area contributed by atoms with Gasteiger partial charge in [0.1, 0.15) is 0 Å². The molecule has 0 aromatic heterocycles. The van der Waals surface area contributed by atoms with Gasteiger partial charge >= 0.3 is 0 Å². The molecule has 0 aromatic carbocycles. The van der Waals surface area contributed by atoms with E-state index in [0.29, 0.717) is 0 Å². The summed E-state index contributed by atoms with van der Waals surface area (Å²) >= 11 is 0. The molecule has 0 saturated carbocycles. The van der Waals surface area contributed by atoms with Crippen LogP contribution in [0, 0.1) is 5.92 Å². The van der Waals surface area contributed by atoms with E-state index in [1.54, 1.807) is 14.2 Å². The van der Waals surface area contributed by atoms with E-state index in [1.165, 1.54) is 38.9 Å². The predicted molar refractivity (Wildman–Crippen MR) is 61.9 cm³/mol. The molecule has 1 fully saturated rings. The van der Waals surface area contributed by atoms with Gasteiger partial charge in [-0.25, -0.2) is 0 Å². The lowest BCUT2D eigenvalue weighted by Crippen LogP contribution is -2.22. The van der Waals surface area contributed by atoms with Gasteiger partial charge in [-0.1, -0.05) is 6.92 Å². The van der Waals surface area contributed by atoms with Crippen molar-refractivity contribution in [1.82, 2.24) is 4.90 Å². The first-order chi connectivity index (χ1) is 7.30. The normalized spacial score (nSPS) is 22.8. The molecule has 15 heavy (non-hydrogen) atoms. The van der Waals surface area contributed by atoms with Gasteiger partial charge < -0.3 is 14.4 Å². The van der Waals surface area contributed by atoms with Gasteiger partial charge in [0, 0.05) is 20.8 Å². The lowest BCUT2D eigenvalue weighted by atomic mass is 10.0. The third-order valence-electron chi connectivity index (χ3n) is 3.25. The van der Waals surface area contributed by atoms with Crippen molar-refractivity contribution >= 4 is 0 Å². The molecular weight excluding hydrogens is 190 g/mol. The van der Waals surface area contributed by atoms with Crippen molar-refractivity contribution in [3.05, 3.63) is 0 Å². The molecule has 1 rings (SSSR count). The number of nitrogens with zero attached hydrogens (tertiary/aromatic N) is 1. The van der Waals surface area contributed by atoms with Crippen molar-refractivity contribution < 1.29 is 9.47 Å². The maximum Gasteiger partial charge on any atom is 0.156 e. The van der Waals surface area contributed by atoms with Crippen LogP contribution in [0.5, 0.6) is 0 Å². The highest BCUT2D eigenvalue weighted by Gasteiger charge is 2.22. The lowest BCUT2D eigenvalue weighted by molar-refractivity contribution is -0.108. The molecule has 0 spiro atoms. The molecule has 0 radical (unpaired) electrons. The zero-order valence-corrected chi connectivity index (χ0v) is 10.4. The summed E-state index contributed by atoms with van der Waals surface area (Å²) in [6.45, 7) is 6.06. The van der Waals surface area contributed by atoms with Gasteiger partial charge in [0.2, 0.25) is 0 Å². The summed E-state index contributed by atoms with van der Waals surface area (Å²) < 4.78 is 10.4. The van der Waals surface area contributed by atoms with Crippen LogP contribution in [0.4, 0.5) is 0 Å². The van der Waals surface area contributed by atoms with Crippen LogP contribution in [0.2, 0.25) is 0 Å². The SMILES string of the molecule is CCCN1CCC(CCC(OC)OC)C1. The first-order valence-corrected chi connectivity index (χ1v) is 6.08. The van der Waals surface area contributed by atoms with E-state index in [0.717, 1.165) is 12.3 Å². The van der Waals surface area contributed by atoms with Gasteiger partial charge in [-0.3, -0.25) is 0 Å². The van der Waals surface area contributed by atoms with Gasteiger partial charge in [0.05, 0.1) is 0 Å². The first kappa shape index (κ1) is 12.9. The van der Waals surface area contributed by atoms with Crippen LogP contribution in [0.1, 0.15) is 32.6 Å². The van der Waals surface area contributed by atoms with Crippen LogP contribution < -0.4 is 0 Å². The summed E-state index contributed by atoms with van der Waals surface area (Å²) in [5.74, 6) is 0.851. The summed E-state index contributed by atoms with van der Waals surface area (Å²) in [6.07, 6.45) is 4.86. The third kappa shape index (κ3) is 4.49. The Kier molecular flexibility index (Phi) is 6.22. The Hall–Kier alpha value is -0.120. The van der Waals surface area contributed by atoms with Crippen LogP contribution in [-0.4, -0.2) is 45.0 Å². The predicted octanol–water partition coefficient (Wildman–Crippen LogP) is 2.12. The molecule has 0 aromatic rings. The van der Waals surface area contributed by atoms with Gasteiger partial charge in [-0.15, -0.1) is 0 Å². The number of hydrogen-bond acceptors (Lipinski definition) is 3. The van der Waals surface area contributed by atoms with Crippen molar-refractivity contribution in [2.45, 2.75) is 38.9 Å². The van der Waals surface area contributed by atoms with Crippen molar-refractivity contribution in [3.63, 3.8) is 0 Å². The molecule has 1 saturated heterocycles. The lowest BCUT2D eigenvalue weighted by Gasteiger charge is -2.17. The van der Waals surface area contributed by atoms with Gasteiger partial charge in [-0.2, -0.15) is 0 Å². The number of methoxy groups -OCH3 is 2. The molecule has 0 N–H and O–H groups in total. The Balaban J connectivity index is 2.13. The Morgan fingerprint density at radius 2 is 2.07 bits per heavy atom. The number of likely N-dealkylation sites (tertiary alicyclic amines) is 1.